The third kappa shape index (κ3) is 12.0. The van der Waals surface area contributed by atoms with E-state index in [1.54, 1.807) is 6.92 Å². The predicted molar refractivity (Wildman–Crippen MR) is 74.7 cm³/mol. The summed E-state index contributed by atoms with van der Waals surface area (Å²) in [6.45, 7) is 5.51. The summed E-state index contributed by atoms with van der Waals surface area (Å²) in [7, 11) is -2.09. The van der Waals surface area contributed by atoms with Gasteiger partial charge in [0, 0.05) is 12.0 Å². The average Bonchev–Trinajstić information content (AvgIpc) is 2.31. The predicted octanol–water partition coefficient (Wildman–Crippen LogP) is 2.31. The fraction of sp³-hybridized carbons (Fsp3) is 0.692. The monoisotopic (exact) mass is 290 g/mol. The standard InChI is InChI=1S/C13H23O5P/c1-11(2)13(15)18-9-7-5-3-4-6-8-12(14)10-19(16)17/h16-17H,1,3-10H2,2H3. The molecule has 0 aromatic heterocycles. The van der Waals surface area contributed by atoms with Gasteiger partial charge in [0.15, 0.2) is 8.38 Å². The molecule has 19 heavy (non-hydrogen) atoms. The van der Waals surface area contributed by atoms with Crippen LogP contribution >= 0.6 is 8.38 Å². The van der Waals surface area contributed by atoms with Gasteiger partial charge in [-0.25, -0.2) is 4.79 Å². The summed E-state index contributed by atoms with van der Waals surface area (Å²) >= 11 is 0. The van der Waals surface area contributed by atoms with Crippen molar-refractivity contribution < 1.29 is 24.1 Å². The summed E-state index contributed by atoms with van der Waals surface area (Å²) < 4.78 is 4.95. The molecule has 0 bridgehead atoms. The lowest BCUT2D eigenvalue weighted by Gasteiger charge is -2.04. The minimum Gasteiger partial charge on any atom is -0.462 e. The first-order valence-corrected chi connectivity index (χ1v) is 7.86. The van der Waals surface area contributed by atoms with Crippen LogP contribution in [0.3, 0.4) is 0 Å². The zero-order chi connectivity index (χ0) is 14.7. The van der Waals surface area contributed by atoms with Crippen LogP contribution in [0.2, 0.25) is 0 Å². The summed E-state index contributed by atoms with van der Waals surface area (Å²) in [5, 5.41) is 0. The van der Waals surface area contributed by atoms with Gasteiger partial charge in [0.05, 0.1) is 12.8 Å². The maximum atomic E-state index is 11.2. The Balaban J connectivity index is 3.30. The molecule has 0 radical (unpaired) electrons. The molecule has 2 N–H and O–H groups in total. The molecular formula is C13H23O5P. The highest BCUT2D eigenvalue weighted by Gasteiger charge is 2.07. The lowest BCUT2D eigenvalue weighted by atomic mass is 10.1. The number of carbonyl (C=O) groups excluding carboxylic acids is 2. The average molecular weight is 290 g/mol. The Bertz CT molecular complexity index is 301. The largest absolute Gasteiger partial charge is 0.462 e. The Morgan fingerprint density at radius 1 is 1.11 bits per heavy atom. The molecule has 0 aliphatic heterocycles. The van der Waals surface area contributed by atoms with E-state index in [1.165, 1.54) is 0 Å². The van der Waals surface area contributed by atoms with Crippen LogP contribution in [0.15, 0.2) is 12.2 Å². The van der Waals surface area contributed by atoms with Gasteiger partial charge in [0.1, 0.15) is 5.78 Å². The normalized spacial score (nSPS) is 10.5. The van der Waals surface area contributed by atoms with Crippen LogP contribution in [0.5, 0.6) is 0 Å². The molecule has 0 heterocycles. The molecule has 0 rings (SSSR count). The molecule has 0 aliphatic rings. The van der Waals surface area contributed by atoms with E-state index < -0.39 is 8.38 Å². The maximum Gasteiger partial charge on any atom is 0.333 e. The fourth-order valence-electron chi connectivity index (χ4n) is 1.48. The quantitative estimate of drug-likeness (QED) is 0.264. The first-order chi connectivity index (χ1) is 8.93. The minimum absolute atomic E-state index is 0.0912. The van der Waals surface area contributed by atoms with Crippen molar-refractivity contribution in [3.8, 4) is 0 Å². The number of rotatable bonds is 11. The van der Waals surface area contributed by atoms with Crippen LogP contribution in [0, 0.1) is 0 Å². The number of Topliss-reactive ketones (excluding diaryl/α,β-unsaturated/α-hetero) is 1. The van der Waals surface area contributed by atoms with E-state index in [0.29, 0.717) is 18.6 Å². The van der Waals surface area contributed by atoms with Gasteiger partial charge in [-0.2, -0.15) is 0 Å². The summed E-state index contributed by atoms with van der Waals surface area (Å²) in [6.07, 6.45) is 4.72. The maximum absolute atomic E-state index is 11.2. The van der Waals surface area contributed by atoms with Crippen molar-refractivity contribution >= 4 is 20.1 Å². The molecule has 0 saturated carbocycles. The fourth-order valence-corrected chi connectivity index (χ4v) is 1.95. The van der Waals surface area contributed by atoms with Gasteiger partial charge in [0.2, 0.25) is 0 Å². The Kier molecular flexibility index (Phi) is 10.6. The number of ether oxygens (including phenoxy) is 1. The van der Waals surface area contributed by atoms with Crippen LogP contribution in [0.25, 0.3) is 0 Å². The number of carbonyl (C=O) groups is 2. The van der Waals surface area contributed by atoms with Crippen molar-refractivity contribution in [2.75, 3.05) is 12.8 Å². The smallest absolute Gasteiger partial charge is 0.333 e. The second-order valence-electron chi connectivity index (χ2n) is 4.50. The molecular weight excluding hydrogens is 267 g/mol. The van der Waals surface area contributed by atoms with Crippen molar-refractivity contribution in [2.24, 2.45) is 0 Å². The van der Waals surface area contributed by atoms with Crippen molar-refractivity contribution in [2.45, 2.75) is 45.4 Å². The van der Waals surface area contributed by atoms with Crippen molar-refractivity contribution in [1.29, 1.82) is 0 Å². The molecule has 0 aliphatic carbocycles. The molecule has 0 aromatic rings. The van der Waals surface area contributed by atoms with Crippen LogP contribution in [0.1, 0.15) is 45.4 Å². The van der Waals surface area contributed by atoms with Crippen molar-refractivity contribution in [1.82, 2.24) is 0 Å². The molecule has 5 nitrogen and oxygen atoms in total. The Hall–Kier alpha value is -0.770. The first kappa shape index (κ1) is 18.2. The summed E-state index contributed by atoms with van der Waals surface area (Å²) in [4.78, 5) is 39.5. The van der Waals surface area contributed by atoms with Crippen LogP contribution in [-0.4, -0.2) is 34.3 Å². The Morgan fingerprint density at radius 2 is 1.68 bits per heavy atom. The summed E-state index contributed by atoms with van der Waals surface area (Å²) in [5.41, 5.74) is 0.409. The second-order valence-corrected chi connectivity index (χ2v) is 5.56. The third-order valence-corrected chi connectivity index (χ3v) is 3.13. The lowest BCUT2D eigenvalue weighted by molar-refractivity contribution is -0.139. The lowest BCUT2D eigenvalue weighted by Crippen LogP contribution is -2.06. The van der Waals surface area contributed by atoms with E-state index in [4.69, 9.17) is 14.5 Å². The van der Waals surface area contributed by atoms with Crippen molar-refractivity contribution in [3.05, 3.63) is 12.2 Å². The van der Waals surface area contributed by atoms with Gasteiger partial charge in [-0.1, -0.05) is 25.8 Å². The molecule has 6 heteroatoms. The van der Waals surface area contributed by atoms with Crippen LogP contribution < -0.4 is 0 Å². The van der Waals surface area contributed by atoms with Gasteiger partial charge in [-0.05, 0) is 19.8 Å². The zero-order valence-corrected chi connectivity index (χ0v) is 12.3. The van der Waals surface area contributed by atoms with Crippen LogP contribution in [0.4, 0.5) is 0 Å². The topological polar surface area (TPSA) is 83.8 Å². The zero-order valence-electron chi connectivity index (χ0n) is 11.4. The summed E-state index contributed by atoms with van der Waals surface area (Å²) in [6, 6.07) is 0. The number of unbranched alkanes of at least 4 members (excludes halogenated alkanes) is 4. The van der Waals surface area contributed by atoms with E-state index in [-0.39, 0.29) is 17.9 Å². The van der Waals surface area contributed by atoms with Crippen LogP contribution in [-0.2, 0) is 14.3 Å². The molecule has 0 fully saturated rings. The molecule has 0 aromatic carbocycles. The van der Waals surface area contributed by atoms with Gasteiger partial charge in [-0.15, -0.1) is 0 Å². The van der Waals surface area contributed by atoms with Crippen molar-refractivity contribution in [3.63, 3.8) is 0 Å². The molecule has 0 amide bonds. The number of hydrogen-bond donors (Lipinski definition) is 2. The second kappa shape index (κ2) is 11.1. The Labute approximate surface area is 115 Å². The van der Waals surface area contributed by atoms with E-state index in [2.05, 4.69) is 6.58 Å². The van der Waals surface area contributed by atoms with E-state index in [9.17, 15) is 9.59 Å². The highest BCUT2D eigenvalue weighted by molar-refractivity contribution is 7.46. The number of hydrogen-bond acceptors (Lipinski definition) is 5. The van der Waals surface area contributed by atoms with Gasteiger partial charge < -0.3 is 14.5 Å². The number of ketones is 1. The molecule has 0 atom stereocenters. The molecule has 0 spiro atoms. The van der Waals surface area contributed by atoms with Gasteiger partial charge in [0.25, 0.3) is 0 Å². The summed E-state index contributed by atoms with van der Waals surface area (Å²) in [5.74, 6) is -0.443. The highest BCUT2D eigenvalue weighted by atomic mass is 31.2. The highest BCUT2D eigenvalue weighted by Crippen LogP contribution is 2.23. The molecule has 0 unspecified atom stereocenters. The van der Waals surface area contributed by atoms with E-state index >= 15 is 0 Å². The van der Waals surface area contributed by atoms with Gasteiger partial charge in [-0.3, -0.25) is 4.79 Å². The molecule has 0 saturated heterocycles. The Morgan fingerprint density at radius 3 is 2.26 bits per heavy atom. The SMILES string of the molecule is C=C(C)C(=O)OCCCCCCCC(=O)CP(O)O. The van der Waals surface area contributed by atoms with E-state index in [1.807, 2.05) is 0 Å². The number of esters is 1. The first-order valence-electron chi connectivity index (χ1n) is 6.43. The molecule has 110 valence electrons. The van der Waals surface area contributed by atoms with Gasteiger partial charge >= 0.3 is 5.97 Å². The third-order valence-electron chi connectivity index (χ3n) is 2.50. The minimum atomic E-state index is -2.09. The van der Waals surface area contributed by atoms with E-state index in [0.717, 1.165) is 32.1 Å².